The Morgan fingerprint density at radius 2 is 0.958 bits per heavy atom. The molecule has 5 aliphatic rings. The smallest absolute Gasteiger partial charge is 0.376 e. The topological polar surface area (TPSA) is 121 Å². The van der Waals surface area contributed by atoms with Gasteiger partial charge in [0.05, 0.1) is 23.1 Å². The molecule has 4 N–H and O–H groups in total. The molecule has 0 amide bonds. The number of pyridine rings is 3. The van der Waals surface area contributed by atoms with Crippen molar-refractivity contribution in [2.75, 3.05) is 52.4 Å². The number of fused-ring (bicyclic) bond motifs is 6. The molecule has 6 aromatic rings. The van der Waals surface area contributed by atoms with E-state index in [-0.39, 0.29) is 18.5 Å². The number of piperazine rings is 2. The van der Waals surface area contributed by atoms with E-state index in [9.17, 15) is 10.1 Å². The maximum atomic E-state index is 10.4. The van der Waals surface area contributed by atoms with Gasteiger partial charge in [-0.1, -0.05) is 119 Å². The average molecular weight is 1220 g/mol. The summed E-state index contributed by atoms with van der Waals surface area (Å²) < 4.78 is 2.89. The highest BCUT2D eigenvalue weighted by Crippen LogP contribution is 2.44. The lowest BCUT2D eigenvalue weighted by Crippen LogP contribution is -2.52. The zero-order valence-corrected chi connectivity index (χ0v) is 46.6. The Morgan fingerprint density at radius 3 is 1.46 bits per heavy atom. The normalized spacial score (nSPS) is 19.3. The Balaban J connectivity index is 0.000000134. The van der Waals surface area contributed by atoms with Crippen molar-refractivity contribution in [1.82, 2.24) is 34.8 Å². The van der Waals surface area contributed by atoms with E-state index in [0.717, 1.165) is 127 Å². The molecule has 3 atom stereocenters. The lowest BCUT2D eigenvalue weighted by molar-refractivity contribution is 0.144. The van der Waals surface area contributed by atoms with Crippen LogP contribution < -0.4 is 5.32 Å². The first-order valence-electron chi connectivity index (χ1n) is 23.2. The van der Waals surface area contributed by atoms with E-state index in [1.54, 1.807) is 18.5 Å². The Morgan fingerprint density at radius 1 is 0.549 bits per heavy atom. The standard InChI is InChI=1S/C19H20BBrClN3O.C14H8BrCl2N.C14H9BrClNO.C5H13BN2O/c1-20(26)25-9-7-24(8-10-25)19-15-5-4-14(22)12-16(15)17(21)11-13-3-2-6-23-18(13)19;15-12-6-8-2-1-5-18-14(8)13(17)10-4-3-9(16)7-11(10)12;15-12-6-8-2-1-5-17-13(8)14(18)10-4-3-9(16)7-11(10)12;1-6(9)8-4-2-7-3-5-8/h2-6,11-12,19,26H,7-10H2,1H3;1-7,13H;1-7,14,18H;7,9H,2-5H2,1H3. The molecule has 10 nitrogen and oxygen atoms in total. The summed E-state index contributed by atoms with van der Waals surface area (Å²) in [6.07, 6.45) is 10.7. The summed E-state index contributed by atoms with van der Waals surface area (Å²) in [5.74, 6) is 0. The van der Waals surface area contributed by atoms with Crippen LogP contribution in [0.15, 0.2) is 110 Å². The van der Waals surface area contributed by atoms with Gasteiger partial charge in [-0.25, -0.2) is 0 Å². The number of halogens is 7. The minimum absolute atomic E-state index is 0.0703. The maximum absolute atomic E-state index is 10.4. The summed E-state index contributed by atoms with van der Waals surface area (Å²) in [6.45, 7) is 11.0. The Kier molecular flexibility index (Phi) is 18.9. The molecular formula is C52H50B2Br3Cl4N7O3. The van der Waals surface area contributed by atoms with Crippen molar-refractivity contribution in [3.05, 3.63) is 192 Å². The fraction of sp³-hybridized carbons (Fsp3) is 0.250. The molecule has 0 saturated carbocycles. The van der Waals surface area contributed by atoms with Crippen LogP contribution in [0.5, 0.6) is 0 Å². The number of nitrogens with one attached hydrogen (secondary N) is 1. The van der Waals surface area contributed by atoms with Crippen molar-refractivity contribution in [3.63, 3.8) is 0 Å². The number of alkyl halides is 1. The summed E-state index contributed by atoms with van der Waals surface area (Å²) in [7, 11) is -0.675. The SMILES string of the molecule is CB(O)N1CCN(C2c3ccc(Cl)cc3C(Br)=Cc3cccnc32)CC1.CB(O)N1CCNCC1.Clc1ccc2c(c1)C(Br)=Cc1cccnc1C2Cl.OC1c2ccc(Cl)cc2C(Br)=Cc2cccnc21. The molecule has 11 rings (SSSR count). The molecule has 2 fully saturated rings. The minimum atomic E-state index is -0.736. The Labute approximate surface area is 461 Å². The second-order valence-electron chi connectivity index (χ2n) is 17.4. The largest absolute Gasteiger partial charge is 0.437 e. The second kappa shape index (κ2) is 24.9. The number of aliphatic hydroxyl groups excluding tert-OH is 1. The van der Waals surface area contributed by atoms with E-state index < -0.39 is 13.2 Å². The predicted molar refractivity (Wildman–Crippen MR) is 306 cm³/mol. The highest BCUT2D eigenvalue weighted by Gasteiger charge is 2.34. The summed E-state index contributed by atoms with van der Waals surface area (Å²) in [4.78, 5) is 20.0. The van der Waals surface area contributed by atoms with E-state index in [2.05, 4.69) is 95.8 Å². The summed E-state index contributed by atoms with van der Waals surface area (Å²) in [5.41, 5.74) is 11.7. The van der Waals surface area contributed by atoms with E-state index in [0.29, 0.717) is 15.7 Å². The molecule has 2 aliphatic heterocycles. The van der Waals surface area contributed by atoms with Crippen LogP contribution in [0.2, 0.25) is 28.7 Å². The van der Waals surface area contributed by atoms with Crippen LogP contribution in [-0.4, -0.2) is 111 Å². The predicted octanol–water partition coefficient (Wildman–Crippen LogP) is 12.1. The summed E-state index contributed by atoms with van der Waals surface area (Å²) >= 11 is 35.7. The highest BCUT2D eigenvalue weighted by atomic mass is 79.9. The fourth-order valence-corrected chi connectivity index (χ4v) is 11.8. The zero-order valence-electron chi connectivity index (χ0n) is 38.8. The number of hydrogen-bond donors (Lipinski definition) is 4. The van der Waals surface area contributed by atoms with Crippen LogP contribution in [0, 0.1) is 0 Å². The number of aliphatic hydroxyl groups is 1. The third kappa shape index (κ3) is 13.0. The Hall–Kier alpha value is -3.22. The molecule has 3 aliphatic carbocycles. The third-order valence-corrected chi connectivity index (χ3v) is 15.9. The molecule has 5 heterocycles. The number of aromatic nitrogens is 3. The van der Waals surface area contributed by atoms with E-state index in [4.69, 9.17) is 56.4 Å². The van der Waals surface area contributed by atoms with Crippen molar-refractivity contribution in [3.8, 4) is 0 Å². The van der Waals surface area contributed by atoms with Gasteiger partial charge in [0.2, 0.25) is 0 Å². The quantitative estimate of drug-likeness (QED) is 0.101. The van der Waals surface area contributed by atoms with Crippen molar-refractivity contribution in [2.24, 2.45) is 0 Å². The van der Waals surface area contributed by atoms with Gasteiger partial charge in [0.15, 0.2) is 0 Å². The molecular weight excluding hydrogens is 1170 g/mol. The number of hydrogen-bond acceptors (Lipinski definition) is 10. The average Bonchev–Trinajstić information content (AvgIpc) is 3.62. The molecule has 0 bridgehead atoms. The lowest BCUT2D eigenvalue weighted by atomic mass is 9.84. The van der Waals surface area contributed by atoms with Gasteiger partial charge in [-0.2, -0.15) is 0 Å². The van der Waals surface area contributed by atoms with Crippen LogP contribution in [0.3, 0.4) is 0 Å². The molecule has 366 valence electrons. The van der Waals surface area contributed by atoms with Crippen molar-refractivity contribution < 1.29 is 15.2 Å². The van der Waals surface area contributed by atoms with Crippen LogP contribution in [0.4, 0.5) is 0 Å². The van der Waals surface area contributed by atoms with Crippen molar-refractivity contribution >= 4 is 140 Å². The first kappa shape index (κ1) is 54.1. The number of rotatable bonds is 3. The van der Waals surface area contributed by atoms with Gasteiger partial charge in [-0.05, 0) is 131 Å². The molecule has 3 aromatic carbocycles. The van der Waals surface area contributed by atoms with E-state index in [1.165, 1.54) is 5.56 Å². The first-order chi connectivity index (χ1) is 34.2. The van der Waals surface area contributed by atoms with Crippen LogP contribution in [0.1, 0.15) is 84.7 Å². The zero-order chi connectivity index (χ0) is 50.3. The van der Waals surface area contributed by atoms with Gasteiger partial charge in [0.1, 0.15) is 11.5 Å². The number of nitrogens with zero attached hydrogens (tertiary/aromatic N) is 6. The molecule has 0 radical (unpaired) electrons. The van der Waals surface area contributed by atoms with Crippen molar-refractivity contribution in [2.45, 2.75) is 31.2 Å². The van der Waals surface area contributed by atoms with E-state index in [1.807, 2.05) is 105 Å². The van der Waals surface area contributed by atoms with Gasteiger partial charge < -0.3 is 30.1 Å². The molecule has 0 spiro atoms. The number of benzene rings is 3. The first-order valence-corrected chi connectivity index (χ1v) is 27.1. The van der Waals surface area contributed by atoms with Gasteiger partial charge >= 0.3 is 14.1 Å². The van der Waals surface area contributed by atoms with Gasteiger partial charge in [0.25, 0.3) is 0 Å². The lowest BCUT2D eigenvalue weighted by Gasteiger charge is -2.40. The monoisotopic (exact) mass is 1220 g/mol. The second-order valence-corrected chi connectivity index (χ2v) is 21.7. The Bertz CT molecular complexity index is 2840. The summed E-state index contributed by atoms with van der Waals surface area (Å²) in [6, 6.07) is 29.1. The maximum Gasteiger partial charge on any atom is 0.376 e. The van der Waals surface area contributed by atoms with Gasteiger partial charge in [0, 0.05) is 105 Å². The van der Waals surface area contributed by atoms with Crippen LogP contribution >= 0.6 is 94.2 Å². The van der Waals surface area contributed by atoms with Gasteiger partial charge in [-0.15, -0.1) is 11.6 Å². The summed E-state index contributed by atoms with van der Waals surface area (Å²) in [5, 5.41) is 34.4. The van der Waals surface area contributed by atoms with Crippen molar-refractivity contribution in [1.29, 1.82) is 0 Å². The highest BCUT2D eigenvalue weighted by molar-refractivity contribution is 9.15. The molecule has 3 unspecified atom stereocenters. The van der Waals surface area contributed by atoms with Gasteiger partial charge in [-0.3, -0.25) is 19.9 Å². The molecule has 19 heteroatoms. The minimum Gasteiger partial charge on any atom is -0.437 e. The third-order valence-electron chi connectivity index (χ3n) is 12.8. The fourth-order valence-electron chi connectivity index (χ4n) is 9.11. The van der Waals surface area contributed by atoms with E-state index >= 15 is 0 Å². The molecule has 3 aromatic heterocycles. The van der Waals surface area contributed by atoms with Crippen LogP contribution in [-0.2, 0) is 0 Å². The molecule has 71 heavy (non-hydrogen) atoms. The van der Waals surface area contributed by atoms with Crippen LogP contribution in [0.25, 0.3) is 31.7 Å². The molecule has 2 saturated heterocycles.